The first kappa shape index (κ1) is 19.7. The molecule has 1 saturated heterocycles. The smallest absolute Gasteiger partial charge is 0.407 e. The van der Waals surface area contributed by atoms with Gasteiger partial charge in [-0.25, -0.2) is 4.79 Å². The van der Waals surface area contributed by atoms with Crippen molar-refractivity contribution in [3.8, 4) is 0 Å². The lowest BCUT2D eigenvalue weighted by atomic mass is 9.67. The Hall–Kier alpha value is -2.01. The molecule has 2 aliphatic rings. The van der Waals surface area contributed by atoms with Gasteiger partial charge in [-0.1, -0.05) is 29.3 Å². The summed E-state index contributed by atoms with van der Waals surface area (Å²) in [5.41, 5.74) is 3.27. The highest BCUT2D eigenvalue weighted by molar-refractivity contribution is 6.34. The number of hydrogen-bond acceptors (Lipinski definition) is 2. The number of likely N-dealkylation sites (tertiary alicyclic amines) is 1. The minimum absolute atomic E-state index is 0.0912. The third kappa shape index (κ3) is 4.46. The lowest BCUT2D eigenvalue weighted by Crippen LogP contribution is -2.43. The van der Waals surface area contributed by atoms with Gasteiger partial charge in [-0.3, -0.25) is 4.79 Å². The van der Waals surface area contributed by atoms with Crippen LogP contribution in [0.5, 0.6) is 0 Å². The summed E-state index contributed by atoms with van der Waals surface area (Å²) in [5, 5.41) is 9.60. The van der Waals surface area contributed by atoms with E-state index in [1.165, 1.54) is 15.4 Å². The fraction of sp³-hybridized carbons (Fsp3) is 0.524. The number of amides is 2. The van der Waals surface area contributed by atoms with Crippen LogP contribution in [-0.2, 0) is 0 Å². The molecule has 1 saturated carbocycles. The maximum absolute atomic E-state index is 12.1. The number of allylic oxidation sites excluding steroid dienone is 1. The van der Waals surface area contributed by atoms with E-state index in [0.29, 0.717) is 29.1 Å². The first-order valence-electron chi connectivity index (χ1n) is 9.48. The molecule has 0 bridgehead atoms. The van der Waals surface area contributed by atoms with Crippen LogP contribution in [0.25, 0.3) is 6.08 Å². The molecule has 1 aromatic rings. The molecule has 0 aromatic heterocycles. The van der Waals surface area contributed by atoms with E-state index in [1.54, 1.807) is 20.2 Å². The van der Waals surface area contributed by atoms with Crippen molar-refractivity contribution in [3.63, 3.8) is 0 Å². The van der Waals surface area contributed by atoms with Crippen molar-refractivity contribution in [1.29, 1.82) is 0 Å². The van der Waals surface area contributed by atoms with Gasteiger partial charge in [0.05, 0.1) is 10.6 Å². The zero-order valence-corrected chi connectivity index (χ0v) is 16.8. The molecule has 0 atom stereocenters. The third-order valence-corrected chi connectivity index (χ3v) is 6.36. The maximum atomic E-state index is 12.1. The number of hydrogen-bond donors (Lipinski definition) is 1. The van der Waals surface area contributed by atoms with E-state index < -0.39 is 6.09 Å². The van der Waals surface area contributed by atoms with Gasteiger partial charge in [0.2, 0.25) is 0 Å². The first-order chi connectivity index (χ1) is 12.8. The quantitative estimate of drug-likeness (QED) is 0.791. The molecule has 1 spiro atoms. The van der Waals surface area contributed by atoms with Crippen LogP contribution in [0, 0.1) is 5.41 Å². The lowest BCUT2D eigenvalue weighted by Gasteiger charge is -2.44. The van der Waals surface area contributed by atoms with Gasteiger partial charge >= 0.3 is 6.09 Å². The Labute approximate surface area is 165 Å². The molecule has 2 amide bonds. The second kappa shape index (κ2) is 7.93. The van der Waals surface area contributed by atoms with Gasteiger partial charge < -0.3 is 14.9 Å². The van der Waals surface area contributed by atoms with Crippen molar-refractivity contribution in [2.75, 3.05) is 27.2 Å². The fourth-order valence-corrected chi connectivity index (χ4v) is 4.46. The largest absolute Gasteiger partial charge is 0.465 e. The van der Waals surface area contributed by atoms with Crippen molar-refractivity contribution in [1.82, 2.24) is 9.80 Å². The number of carboxylic acid groups (broad SMARTS) is 1. The van der Waals surface area contributed by atoms with Gasteiger partial charge in [0, 0.05) is 27.2 Å². The van der Waals surface area contributed by atoms with Gasteiger partial charge in [-0.05, 0) is 61.6 Å². The zero-order valence-electron chi connectivity index (χ0n) is 16.0. The Morgan fingerprint density at radius 2 is 1.78 bits per heavy atom. The van der Waals surface area contributed by atoms with Crippen molar-refractivity contribution >= 4 is 29.7 Å². The fourth-order valence-electron chi connectivity index (χ4n) is 4.19. The van der Waals surface area contributed by atoms with Crippen LogP contribution in [-0.4, -0.2) is 54.1 Å². The number of carbonyl (C=O) groups excluding carboxylic acids is 1. The molecule has 0 radical (unpaired) electrons. The highest BCUT2D eigenvalue weighted by Crippen LogP contribution is 2.46. The Morgan fingerprint density at radius 1 is 1.15 bits per heavy atom. The van der Waals surface area contributed by atoms with Crippen LogP contribution in [0.1, 0.15) is 54.4 Å². The minimum atomic E-state index is -0.797. The van der Waals surface area contributed by atoms with Crippen LogP contribution in [0.2, 0.25) is 5.02 Å². The third-order valence-electron chi connectivity index (χ3n) is 6.05. The molecular formula is C21H27ClN2O3. The molecule has 1 aliphatic carbocycles. The Bertz CT molecular complexity index is 753. The number of nitrogens with zero attached hydrogens (tertiary/aromatic N) is 2. The summed E-state index contributed by atoms with van der Waals surface area (Å²) < 4.78 is 0. The normalized spacial score (nSPS) is 19.1. The average Bonchev–Trinajstić information content (AvgIpc) is 2.64. The van der Waals surface area contributed by atoms with E-state index >= 15 is 0 Å². The average molecular weight is 391 g/mol. The molecule has 5 nitrogen and oxygen atoms in total. The molecule has 3 rings (SSSR count). The van der Waals surface area contributed by atoms with Gasteiger partial charge in [0.25, 0.3) is 5.91 Å². The van der Waals surface area contributed by atoms with Crippen LogP contribution < -0.4 is 0 Å². The number of carbonyl (C=O) groups is 2. The second-order valence-electron chi connectivity index (χ2n) is 8.01. The van der Waals surface area contributed by atoms with E-state index in [4.69, 9.17) is 16.7 Å². The summed E-state index contributed by atoms with van der Waals surface area (Å²) in [5.74, 6) is -0.0912. The molecule has 6 heteroatoms. The van der Waals surface area contributed by atoms with Crippen LogP contribution in [0.4, 0.5) is 4.79 Å². The van der Waals surface area contributed by atoms with Crippen molar-refractivity contribution in [2.45, 2.75) is 38.5 Å². The van der Waals surface area contributed by atoms with Gasteiger partial charge in [-0.15, -0.1) is 0 Å². The molecule has 1 N–H and O–H groups in total. The molecule has 1 heterocycles. The summed E-state index contributed by atoms with van der Waals surface area (Å²) in [4.78, 5) is 26.2. The lowest BCUT2D eigenvalue weighted by molar-refractivity contribution is 0.0723. The van der Waals surface area contributed by atoms with E-state index in [-0.39, 0.29) is 5.91 Å². The Kier molecular flexibility index (Phi) is 5.80. The molecular weight excluding hydrogens is 364 g/mol. The van der Waals surface area contributed by atoms with E-state index in [0.717, 1.165) is 44.1 Å². The minimum Gasteiger partial charge on any atom is -0.465 e. The van der Waals surface area contributed by atoms with E-state index in [1.807, 2.05) is 12.1 Å². The summed E-state index contributed by atoms with van der Waals surface area (Å²) >= 11 is 6.31. The van der Waals surface area contributed by atoms with Crippen LogP contribution >= 0.6 is 11.6 Å². The van der Waals surface area contributed by atoms with Gasteiger partial charge in [0.1, 0.15) is 0 Å². The molecule has 1 aliphatic heterocycles. The molecule has 146 valence electrons. The standard InChI is InChI=1S/C21H27ClN2O3/c1-23(2)19(25)17-4-3-16(14-18(17)22)13-15-5-7-21(8-6-15)9-11-24(12-10-21)20(26)27/h3-4,13-14H,5-12H2,1-2H3,(H,26,27). The highest BCUT2D eigenvalue weighted by Gasteiger charge is 2.37. The summed E-state index contributed by atoms with van der Waals surface area (Å²) in [7, 11) is 3.43. The molecule has 27 heavy (non-hydrogen) atoms. The predicted molar refractivity (Wildman–Crippen MR) is 107 cm³/mol. The first-order valence-corrected chi connectivity index (χ1v) is 9.86. The summed E-state index contributed by atoms with van der Waals surface area (Å²) in [6.45, 7) is 1.32. The number of rotatable bonds is 2. The summed E-state index contributed by atoms with van der Waals surface area (Å²) in [6.07, 6.45) is 7.67. The van der Waals surface area contributed by atoms with E-state index in [9.17, 15) is 9.59 Å². The summed E-state index contributed by atoms with van der Waals surface area (Å²) in [6, 6.07) is 5.61. The number of benzene rings is 1. The topological polar surface area (TPSA) is 60.9 Å². The predicted octanol–water partition coefficient (Wildman–Crippen LogP) is 4.76. The SMILES string of the molecule is CN(C)C(=O)c1ccc(C=C2CCC3(CC2)CCN(C(=O)O)CC3)cc1Cl. The second-order valence-corrected chi connectivity index (χ2v) is 8.42. The zero-order chi connectivity index (χ0) is 19.6. The number of piperidine rings is 1. The molecule has 2 fully saturated rings. The van der Waals surface area contributed by atoms with Crippen molar-refractivity contribution in [2.24, 2.45) is 5.41 Å². The monoisotopic (exact) mass is 390 g/mol. The van der Waals surface area contributed by atoms with Crippen LogP contribution in [0.15, 0.2) is 23.8 Å². The maximum Gasteiger partial charge on any atom is 0.407 e. The highest BCUT2D eigenvalue weighted by atomic mass is 35.5. The molecule has 0 unspecified atom stereocenters. The Balaban J connectivity index is 1.63. The van der Waals surface area contributed by atoms with Crippen molar-refractivity contribution < 1.29 is 14.7 Å². The Morgan fingerprint density at radius 3 is 2.30 bits per heavy atom. The number of halogens is 1. The molecule has 1 aromatic carbocycles. The van der Waals surface area contributed by atoms with Gasteiger partial charge in [-0.2, -0.15) is 0 Å². The van der Waals surface area contributed by atoms with E-state index in [2.05, 4.69) is 6.08 Å². The van der Waals surface area contributed by atoms with Crippen molar-refractivity contribution in [3.05, 3.63) is 39.9 Å². The van der Waals surface area contributed by atoms with Gasteiger partial charge in [0.15, 0.2) is 0 Å². The van der Waals surface area contributed by atoms with Crippen LogP contribution in [0.3, 0.4) is 0 Å².